The summed E-state index contributed by atoms with van der Waals surface area (Å²) in [5.41, 5.74) is 1.30. The molecule has 0 amide bonds. The third-order valence-corrected chi connectivity index (χ3v) is 4.04. The van der Waals surface area contributed by atoms with Gasteiger partial charge in [0.2, 0.25) is 0 Å². The minimum atomic E-state index is 1.12. The monoisotopic (exact) mass is 348 g/mol. The van der Waals surface area contributed by atoms with E-state index in [0.717, 1.165) is 8.95 Å². The van der Waals surface area contributed by atoms with Gasteiger partial charge in [-0.15, -0.1) is 0 Å². The highest BCUT2D eigenvalue weighted by Crippen LogP contribution is 2.31. The number of aryl methyl sites for hydroxylation is 1. The quantitative estimate of drug-likeness (QED) is 0.448. The highest BCUT2D eigenvalue weighted by atomic mass is 79.9. The van der Waals surface area contributed by atoms with Crippen molar-refractivity contribution in [3.63, 3.8) is 0 Å². The minimum Gasteiger partial charge on any atom is -0.0537 e. The first-order valence-electron chi connectivity index (χ1n) is 5.43. The predicted octanol–water partition coefficient (Wildman–Crippen LogP) is 5.83. The second kappa shape index (κ2) is 4.11. The largest absolute Gasteiger partial charge is 0.0537 e. The molecular weight excluding hydrogens is 340 g/mol. The molecule has 0 heterocycles. The second-order valence-electron chi connectivity index (χ2n) is 4.25. The summed E-state index contributed by atoms with van der Waals surface area (Å²) in [5.74, 6) is 0. The van der Waals surface area contributed by atoms with Crippen molar-refractivity contribution in [2.45, 2.75) is 6.92 Å². The highest BCUT2D eigenvalue weighted by molar-refractivity contribution is 9.10. The zero-order valence-corrected chi connectivity index (χ0v) is 12.5. The van der Waals surface area contributed by atoms with Gasteiger partial charge < -0.3 is 0 Å². The Kier molecular flexibility index (Phi) is 2.72. The van der Waals surface area contributed by atoms with Crippen LogP contribution >= 0.6 is 31.9 Å². The maximum absolute atomic E-state index is 3.58. The first-order chi connectivity index (χ1) is 8.15. The van der Waals surface area contributed by atoms with E-state index in [1.54, 1.807) is 0 Å². The van der Waals surface area contributed by atoms with E-state index in [-0.39, 0.29) is 0 Å². The second-order valence-corrected chi connectivity index (χ2v) is 6.08. The third kappa shape index (κ3) is 1.90. The Bertz CT molecular complexity index is 730. The minimum absolute atomic E-state index is 1.12. The Morgan fingerprint density at radius 2 is 1.41 bits per heavy atom. The summed E-state index contributed by atoms with van der Waals surface area (Å²) in [5, 5.41) is 5.19. The number of hydrogen-bond acceptors (Lipinski definition) is 0. The van der Waals surface area contributed by atoms with Gasteiger partial charge >= 0.3 is 0 Å². The number of halogens is 2. The van der Waals surface area contributed by atoms with Gasteiger partial charge in [-0.3, -0.25) is 0 Å². The normalized spacial score (nSPS) is 11.2. The Labute approximate surface area is 117 Å². The van der Waals surface area contributed by atoms with E-state index in [9.17, 15) is 0 Å². The van der Waals surface area contributed by atoms with Gasteiger partial charge in [-0.25, -0.2) is 0 Å². The lowest BCUT2D eigenvalue weighted by Crippen LogP contribution is -1.82. The van der Waals surface area contributed by atoms with Crippen LogP contribution < -0.4 is 0 Å². The number of fused-ring (bicyclic) bond motifs is 3. The fourth-order valence-corrected chi connectivity index (χ4v) is 3.21. The Balaban J connectivity index is 2.58. The summed E-state index contributed by atoms with van der Waals surface area (Å²) in [6.45, 7) is 2.15. The van der Waals surface area contributed by atoms with Gasteiger partial charge in [0.1, 0.15) is 0 Å². The van der Waals surface area contributed by atoms with Crippen LogP contribution in [0.2, 0.25) is 0 Å². The van der Waals surface area contributed by atoms with Crippen molar-refractivity contribution in [3.05, 3.63) is 57.0 Å². The van der Waals surface area contributed by atoms with Crippen molar-refractivity contribution >= 4 is 53.4 Å². The van der Waals surface area contributed by atoms with Gasteiger partial charge in [-0.1, -0.05) is 50.1 Å². The molecule has 0 N–H and O–H groups in total. The van der Waals surface area contributed by atoms with Crippen LogP contribution in [0.4, 0.5) is 0 Å². The summed E-state index contributed by atoms with van der Waals surface area (Å²) >= 11 is 7.12. The molecule has 17 heavy (non-hydrogen) atoms. The molecule has 0 radical (unpaired) electrons. The zero-order chi connectivity index (χ0) is 12.0. The molecular formula is C15H10Br2. The fourth-order valence-electron chi connectivity index (χ4n) is 2.28. The van der Waals surface area contributed by atoms with Gasteiger partial charge in [0.15, 0.2) is 0 Å². The van der Waals surface area contributed by atoms with Gasteiger partial charge in [0.25, 0.3) is 0 Å². The Morgan fingerprint density at radius 1 is 0.706 bits per heavy atom. The van der Waals surface area contributed by atoms with Crippen molar-refractivity contribution in [1.29, 1.82) is 0 Å². The molecule has 3 aromatic rings. The number of benzene rings is 3. The summed E-state index contributed by atoms with van der Waals surface area (Å²) in [6, 6.07) is 15.2. The first-order valence-corrected chi connectivity index (χ1v) is 7.02. The summed E-state index contributed by atoms with van der Waals surface area (Å²) < 4.78 is 2.25. The van der Waals surface area contributed by atoms with Crippen LogP contribution in [0.3, 0.4) is 0 Å². The molecule has 0 aliphatic carbocycles. The van der Waals surface area contributed by atoms with E-state index in [4.69, 9.17) is 0 Å². The average Bonchev–Trinajstić information content (AvgIpc) is 2.28. The molecule has 0 aromatic heterocycles. The molecule has 0 aliphatic rings. The maximum atomic E-state index is 3.58. The summed E-state index contributed by atoms with van der Waals surface area (Å²) in [6.07, 6.45) is 0. The van der Waals surface area contributed by atoms with Gasteiger partial charge in [0.05, 0.1) is 0 Å². The molecule has 0 nitrogen and oxygen atoms in total. The lowest BCUT2D eigenvalue weighted by atomic mass is 9.99. The molecule has 3 rings (SSSR count). The van der Waals surface area contributed by atoms with E-state index in [1.807, 2.05) is 0 Å². The molecule has 0 atom stereocenters. The standard InChI is InChI=1S/C15H10Br2/c1-9-6-12(17)8-15-13(9)5-3-10-2-4-11(16)7-14(10)15/h2-8H,1H3. The van der Waals surface area contributed by atoms with Crippen LogP contribution in [0.5, 0.6) is 0 Å². The van der Waals surface area contributed by atoms with E-state index >= 15 is 0 Å². The molecule has 0 saturated heterocycles. The Hall–Kier alpha value is -0.860. The van der Waals surface area contributed by atoms with Crippen molar-refractivity contribution in [2.75, 3.05) is 0 Å². The van der Waals surface area contributed by atoms with E-state index < -0.39 is 0 Å². The first kappa shape index (κ1) is 11.2. The topological polar surface area (TPSA) is 0 Å². The molecule has 0 bridgehead atoms. The molecule has 3 aromatic carbocycles. The van der Waals surface area contributed by atoms with Gasteiger partial charge in [-0.2, -0.15) is 0 Å². The lowest BCUT2D eigenvalue weighted by molar-refractivity contribution is 1.52. The molecule has 0 saturated carbocycles. The number of hydrogen-bond donors (Lipinski definition) is 0. The molecule has 0 unspecified atom stereocenters. The molecule has 2 heteroatoms. The average molecular weight is 350 g/mol. The summed E-state index contributed by atoms with van der Waals surface area (Å²) in [4.78, 5) is 0. The van der Waals surface area contributed by atoms with Crippen molar-refractivity contribution in [3.8, 4) is 0 Å². The van der Waals surface area contributed by atoms with Crippen LogP contribution in [0.15, 0.2) is 51.4 Å². The third-order valence-electron chi connectivity index (χ3n) is 3.09. The van der Waals surface area contributed by atoms with Crippen LogP contribution in [-0.2, 0) is 0 Å². The smallest absolute Gasteiger partial charge is 0.0184 e. The van der Waals surface area contributed by atoms with Gasteiger partial charge in [0, 0.05) is 8.95 Å². The van der Waals surface area contributed by atoms with Gasteiger partial charge in [-0.05, 0) is 58.3 Å². The molecule has 0 fully saturated rings. The number of rotatable bonds is 0. The zero-order valence-electron chi connectivity index (χ0n) is 9.30. The van der Waals surface area contributed by atoms with E-state index in [0.29, 0.717) is 0 Å². The van der Waals surface area contributed by atoms with Crippen LogP contribution in [0, 0.1) is 6.92 Å². The van der Waals surface area contributed by atoms with Crippen LogP contribution in [-0.4, -0.2) is 0 Å². The SMILES string of the molecule is Cc1cc(Br)cc2c1ccc1ccc(Br)cc12. The fraction of sp³-hybridized carbons (Fsp3) is 0.0667. The maximum Gasteiger partial charge on any atom is 0.0184 e. The highest BCUT2D eigenvalue weighted by Gasteiger charge is 2.04. The van der Waals surface area contributed by atoms with E-state index in [2.05, 4.69) is 81.2 Å². The lowest BCUT2D eigenvalue weighted by Gasteiger charge is -2.08. The van der Waals surface area contributed by atoms with Crippen molar-refractivity contribution in [2.24, 2.45) is 0 Å². The van der Waals surface area contributed by atoms with Crippen molar-refractivity contribution in [1.82, 2.24) is 0 Å². The predicted molar refractivity (Wildman–Crippen MR) is 81.6 cm³/mol. The molecule has 84 valence electrons. The Morgan fingerprint density at radius 3 is 2.24 bits per heavy atom. The molecule has 0 aliphatic heterocycles. The summed E-state index contributed by atoms with van der Waals surface area (Å²) in [7, 11) is 0. The van der Waals surface area contributed by atoms with Crippen LogP contribution in [0.1, 0.15) is 5.56 Å². The van der Waals surface area contributed by atoms with E-state index in [1.165, 1.54) is 27.1 Å². The molecule has 0 spiro atoms. The van der Waals surface area contributed by atoms with Crippen molar-refractivity contribution < 1.29 is 0 Å². The van der Waals surface area contributed by atoms with Crippen LogP contribution in [0.25, 0.3) is 21.5 Å².